The molecule has 0 bridgehead atoms. The number of hydrogen-bond acceptors (Lipinski definition) is 5. The van der Waals surface area contributed by atoms with Gasteiger partial charge in [-0.1, -0.05) is 42.5 Å². The van der Waals surface area contributed by atoms with E-state index in [1.54, 1.807) is 16.7 Å². The molecule has 2 aliphatic heterocycles. The Bertz CT molecular complexity index is 820. The number of para-hydroxylation sites is 1. The molecule has 0 radical (unpaired) electrons. The summed E-state index contributed by atoms with van der Waals surface area (Å²) in [6.07, 6.45) is 0.968. The molecule has 5 nitrogen and oxygen atoms in total. The van der Waals surface area contributed by atoms with E-state index in [2.05, 4.69) is 0 Å². The summed E-state index contributed by atoms with van der Waals surface area (Å²) in [5.74, 6) is 0.0895. The van der Waals surface area contributed by atoms with Crippen molar-refractivity contribution in [2.75, 3.05) is 23.9 Å². The van der Waals surface area contributed by atoms with E-state index in [0.717, 1.165) is 28.3 Å². The number of benzene rings is 2. The topological polar surface area (TPSA) is 55.8 Å². The smallest absolute Gasteiger partial charge is 0.335 e. The first kappa shape index (κ1) is 18.1. The SMILES string of the molecule is O=C(OCC(=O)N1c2ccccc2SC[C@H]1c1ccccc1)[C@@H]1CCCO1. The average Bonchev–Trinajstić information content (AvgIpc) is 3.26. The van der Waals surface area contributed by atoms with Gasteiger partial charge < -0.3 is 9.47 Å². The van der Waals surface area contributed by atoms with Gasteiger partial charge in [0.25, 0.3) is 5.91 Å². The number of fused-ring (bicyclic) bond motifs is 1. The van der Waals surface area contributed by atoms with Crippen molar-refractivity contribution in [2.45, 2.75) is 29.9 Å². The van der Waals surface area contributed by atoms with Crippen molar-refractivity contribution < 1.29 is 19.1 Å². The Morgan fingerprint density at radius 3 is 2.67 bits per heavy atom. The van der Waals surface area contributed by atoms with Gasteiger partial charge in [0.1, 0.15) is 0 Å². The summed E-state index contributed by atoms with van der Waals surface area (Å²) in [4.78, 5) is 28.0. The largest absolute Gasteiger partial charge is 0.454 e. The molecule has 0 spiro atoms. The Morgan fingerprint density at radius 1 is 1.11 bits per heavy atom. The molecule has 0 saturated carbocycles. The van der Waals surface area contributed by atoms with E-state index in [1.807, 2.05) is 54.6 Å². The van der Waals surface area contributed by atoms with Crippen molar-refractivity contribution in [3.05, 3.63) is 60.2 Å². The minimum Gasteiger partial charge on any atom is -0.454 e. The number of amides is 1. The Kier molecular flexibility index (Phi) is 5.45. The molecule has 1 fully saturated rings. The third-order valence-electron chi connectivity index (χ3n) is 4.82. The fourth-order valence-corrected chi connectivity index (χ4v) is 4.64. The molecular weight excluding hydrogens is 362 g/mol. The maximum atomic E-state index is 13.1. The fourth-order valence-electron chi connectivity index (χ4n) is 3.48. The van der Waals surface area contributed by atoms with E-state index >= 15 is 0 Å². The summed E-state index contributed by atoms with van der Waals surface area (Å²) in [5.41, 5.74) is 1.93. The lowest BCUT2D eigenvalue weighted by atomic mass is 10.1. The Labute approximate surface area is 162 Å². The van der Waals surface area contributed by atoms with E-state index in [-0.39, 0.29) is 18.6 Å². The number of thioether (sulfide) groups is 1. The van der Waals surface area contributed by atoms with Crippen LogP contribution in [0.2, 0.25) is 0 Å². The molecule has 27 heavy (non-hydrogen) atoms. The maximum Gasteiger partial charge on any atom is 0.335 e. The molecule has 2 aromatic carbocycles. The van der Waals surface area contributed by atoms with E-state index in [4.69, 9.17) is 9.47 Å². The van der Waals surface area contributed by atoms with Crippen molar-refractivity contribution >= 4 is 29.3 Å². The number of rotatable bonds is 4. The van der Waals surface area contributed by atoms with Crippen molar-refractivity contribution in [1.29, 1.82) is 0 Å². The van der Waals surface area contributed by atoms with Crippen LogP contribution in [-0.4, -0.2) is 36.9 Å². The van der Waals surface area contributed by atoms with E-state index < -0.39 is 12.1 Å². The van der Waals surface area contributed by atoms with Crippen LogP contribution in [0, 0.1) is 0 Å². The summed E-state index contributed by atoms with van der Waals surface area (Å²) < 4.78 is 10.6. The molecule has 140 valence electrons. The standard InChI is InChI=1S/C21H21NO4S/c23-20(13-26-21(24)18-10-6-12-25-18)22-16-9-4-5-11-19(16)27-14-17(22)15-7-2-1-3-8-15/h1-5,7-9,11,17-18H,6,10,12-14H2/t17-,18-/m0/s1. The molecule has 6 heteroatoms. The van der Waals surface area contributed by atoms with Crippen molar-refractivity contribution in [3.8, 4) is 0 Å². The van der Waals surface area contributed by atoms with Crippen LogP contribution in [0.15, 0.2) is 59.5 Å². The molecule has 1 saturated heterocycles. The van der Waals surface area contributed by atoms with Crippen LogP contribution in [0.3, 0.4) is 0 Å². The molecular formula is C21H21NO4S. The number of nitrogens with zero attached hydrogens (tertiary/aromatic N) is 1. The van der Waals surface area contributed by atoms with Crippen LogP contribution < -0.4 is 4.90 Å². The second kappa shape index (κ2) is 8.15. The molecule has 4 rings (SSSR count). The molecule has 2 atom stereocenters. The molecule has 0 aliphatic carbocycles. The number of carbonyl (C=O) groups excluding carboxylic acids is 2. The lowest BCUT2D eigenvalue weighted by Gasteiger charge is -2.37. The highest BCUT2D eigenvalue weighted by Crippen LogP contribution is 2.43. The summed E-state index contributed by atoms with van der Waals surface area (Å²) >= 11 is 1.74. The molecule has 2 aliphatic rings. The highest BCUT2D eigenvalue weighted by atomic mass is 32.2. The van der Waals surface area contributed by atoms with Gasteiger partial charge in [-0.15, -0.1) is 11.8 Å². The predicted molar refractivity (Wildman–Crippen MR) is 104 cm³/mol. The monoisotopic (exact) mass is 383 g/mol. The zero-order valence-electron chi connectivity index (χ0n) is 14.9. The van der Waals surface area contributed by atoms with Crippen molar-refractivity contribution in [3.63, 3.8) is 0 Å². The Morgan fingerprint density at radius 2 is 1.89 bits per heavy atom. The van der Waals surface area contributed by atoms with Crippen LogP contribution in [-0.2, 0) is 19.1 Å². The van der Waals surface area contributed by atoms with Crippen molar-refractivity contribution in [2.24, 2.45) is 0 Å². The number of carbonyl (C=O) groups is 2. The zero-order valence-corrected chi connectivity index (χ0v) is 15.7. The van der Waals surface area contributed by atoms with Crippen LogP contribution in [0.5, 0.6) is 0 Å². The second-order valence-corrected chi connectivity index (χ2v) is 7.64. The van der Waals surface area contributed by atoms with Gasteiger partial charge in [-0.3, -0.25) is 9.69 Å². The highest BCUT2D eigenvalue weighted by Gasteiger charge is 2.33. The van der Waals surface area contributed by atoms with Gasteiger partial charge in [-0.05, 0) is 30.5 Å². The lowest BCUT2D eigenvalue weighted by Crippen LogP contribution is -2.41. The molecule has 0 unspecified atom stereocenters. The minimum absolute atomic E-state index is 0.0972. The fraction of sp³-hybridized carbons (Fsp3) is 0.333. The normalized spacial score (nSPS) is 21.6. The Hall–Kier alpha value is -2.31. The predicted octanol–water partition coefficient (Wildman–Crippen LogP) is 3.59. The number of anilines is 1. The number of hydrogen-bond donors (Lipinski definition) is 0. The maximum absolute atomic E-state index is 13.1. The van der Waals surface area contributed by atoms with Gasteiger partial charge in [0.2, 0.25) is 0 Å². The number of esters is 1. The van der Waals surface area contributed by atoms with Gasteiger partial charge in [-0.25, -0.2) is 4.79 Å². The van der Waals surface area contributed by atoms with Crippen LogP contribution in [0.1, 0.15) is 24.4 Å². The lowest BCUT2D eigenvalue weighted by molar-refractivity contribution is -0.157. The van der Waals surface area contributed by atoms with Crippen LogP contribution in [0.4, 0.5) is 5.69 Å². The highest BCUT2D eigenvalue weighted by molar-refractivity contribution is 7.99. The zero-order chi connectivity index (χ0) is 18.6. The summed E-state index contributed by atoms with van der Waals surface area (Å²) in [5, 5.41) is 0. The van der Waals surface area contributed by atoms with Gasteiger partial charge >= 0.3 is 5.97 Å². The summed E-state index contributed by atoms with van der Waals surface area (Å²) in [6.45, 7) is 0.293. The summed E-state index contributed by atoms with van der Waals surface area (Å²) in [6, 6.07) is 17.7. The molecule has 0 aromatic heterocycles. The first-order valence-corrected chi connectivity index (χ1v) is 10.1. The Balaban J connectivity index is 1.55. The first-order chi connectivity index (χ1) is 13.2. The average molecular weight is 383 g/mol. The molecule has 0 N–H and O–H groups in total. The van der Waals surface area contributed by atoms with Gasteiger partial charge in [-0.2, -0.15) is 0 Å². The van der Waals surface area contributed by atoms with Gasteiger partial charge in [0.15, 0.2) is 12.7 Å². The number of ether oxygens (including phenoxy) is 2. The molecule has 2 aromatic rings. The molecule has 2 heterocycles. The van der Waals surface area contributed by atoms with Crippen LogP contribution in [0.25, 0.3) is 0 Å². The molecule has 1 amide bonds. The van der Waals surface area contributed by atoms with E-state index in [0.29, 0.717) is 13.0 Å². The first-order valence-electron chi connectivity index (χ1n) is 9.11. The third kappa shape index (κ3) is 3.87. The second-order valence-electron chi connectivity index (χ2n) is 6.58. The van der Waals surface area contributed by atoms with Crippen LogP contribution >= 0.6 is 11.8 Å². The van der Waals surface area contributed by atoms with E-state index in [9.17, 15) is 9.59 Å². The van der Waals surface area contributed by atoms with E-state index in [1.165, 1.54) is 0 Å². The quantitative estimate of drug-likeness (QED) is 0.756. The minimum atomic E-state index is -0.535. The third-order valence-corrected chi connectivity index (χ3v) is 5.96. The van der Waals surface area contributed by atoms with Gasteiger partial charge in [0, 0.05) is 17.3 Å². The van der Waals surface area contributed by atoms with Crippen molar-refractivity contribution in [1.82, 2.24) is 0 Å². The van der Waals surface area contributed by atoms with Gasteiger partial charge in [0.05, 0.1) is 11.7 Å². The summed E-state index contributed by atoms with van der Waals surface area (Å²) in [7, 11) is 0.